The first-order chi connectivity index (χ1) is 7.91. The Morgan fingerprint density at radius 2 is 1.88 bits per heavy atom. The van der Waals surface area contributed by atoms with E-state index in [9.17, 15) is 9.18 Å². The molecule has 1 rings (SSSR count). The van der Waals surface area contributed by atoms with Crippen LogP contribution in [0.3, 0.4) is 0 Å². The van der Waals surface area contributed by atoms with Crippen LogP contribution in [0.1, 0.15) is 31.9 Å². The fraction of sp³-hybridized carbons (Fsp3) is 0.462. The Bertz CT molecular complexity index is 378. The van der Waals surface area contributed by atoms with Crippen molar-refractivity contribution in [2.24, 2.45) is 0 Å². The average molecular weight is 239 g/mol. The summed E-state index contributed by atoms with van der Waals surface area (Å²) in [5, 5.41) is 8.75. The topological polar surface area (TPSA) is 40.5 Å². The molecule has 1 aromatic carbocycles. The highest BCUT2D eigenvalue weighted by atomic mass is 19.1. The molecule has 1 N–H and O–H groups in total. The van der Waals surface area contributed by atoms with Crippen molar-refractivity contribution < 1.29 is 14.3 Å². The van der Waals surface area contributed by atoms with Crippen molar-refractivity contribution in [2.75, 3.05) is 7.05 Å². The van der Waals surface area contributed by atoms with E-state index >= 15 is 0 Å². The van der Waals surface area contributed by atoms with Crippen LogP contribution in [0.15, 0.2) is 24.3 Å². The number of carboxylic acids is 1. The number of nitrogens with zero attached hydrogens (tertiary/aromatic N) is 1. The fourth-order valence-electron chi connectivity index (χ4n) is 1.75. The molecule has 0 heterocycles. The van der Waals surface area contributed by atoms with Gasteiger partial charge in [0, 0.05) is 12.1 Å². The number of hydrogen-bond acceptors (Lipinski definition) is 2. The lowest BCUT2D eigenvalue weighted by atomic mass is 10.0. The highest BCUT2D eigenvalue weighted by molar-refractivity contribution is 5.67. The second kappa shape index (κ2) is 5.77. The molecule has 0 aliphatic heterocycles. The van der Waals surface area contributed by atoms with E-state index in [2.05, 4.69) is 0 Å². The van der Waals surface area contributed by atoms with E-state index in [4.69, 9.17) is 5.11 Å². The molecule has 2 unspecified atom stereocenters. The summed E-state index contributed by atoms with van der Waals surface area (Å²) in [6, 6.07) is 6.29. The van der Waals surface area contributed by atoms with Crippen molar-refractivity contribution in [1.29, 1.82) is 0 Å². The number of halogens is 1. The predicted octanol–water partition coefficient (Wildman–Crippen LogP) is 2.68. The first-order valence-corrected chi connectivity index (χ1v) is 5.61. The number of carbonyl (C=O) groups is 1. The largest absolute Gasteiger partial charge is 0.481 e. The summed E-state index contributed by atoms with van der Waals surface area (Å²) >= 11 is 0. The second-order valence-corrected chi connectivity index (χ2v) is 4.34. The summed E-state index contributed by atoms with van der Waals surface area (Å²) in [6.45, 7) is 3.85. The van der Waals surface area contributed by atoms with Crippen LogP contribution in [0.5, 0.6) is 0 Å². The van der Waals surface area contributed by atoms with Crippen molar-refractivity contribution in [2.45, 2.75) is 32.4 Å². The number of carboxylic acid groups (broad SMARTS) is 1. The molecule has 0 aromatic heterocycles. The summed E-state index contributed by atoms with van der Waals surface area (Å²) in [5.41, 5.74) is 0.978. The van der Waals surface area contributed by atoms with Crippen LogP contribution >= 0.6 is 0 Å². The minimum atomic E-state index is -0.810. The van der Waals surface area contributed by atoms with Gasteiger partial charge in [0.1, 0.15) is 5.82 Å². The summed E-state index contributed by atoms with van der Waals surface area (Å²) in [4.78, 5) is 12.6. The van der Waals surface area contributed by atoms with E-state index in [-0.39, 0.29) is 24.3 Å². The predicted molar refractivity (Wildman–Crippen MR) is 64.3 cm³/mol. The van der Waals surface area contributed by atoms with Gasteiger partial charge in [-0.1, -0.05) is 12.1 Å². The van der Waals surface area contributed by atoms with Crippen LogP contribution in [0.4, 0.5) is 4.39 Å². The number of rotatable bonds is 5. The molecule has 0 amide bonds. The third kappa shape index (κ3) is 3.82. The molecule has 3 nitrogen and oxygen atoms in total. The van der Waals surface area contributed by atoms with E-state index in [1.807, 2.05) is 25.8 Å². The third-order valence-electron chi connectivity index (χ3n) is 3.13. The molecule has 0 spiro atoms. The van der Waals surface area contributed by atoms with E-state index in [1.54, 1.807) is 12.1 Å². The monoisotopic (exact) mass is 239 g/mol. The molecule has 4 heteroatoms. The van der Waals surface area contributed by atoms with Gasteiger partial charge >= 0.3 is 5.97 Å². The van der Waals surface area contributed by atoms with Gasteiger partial charge in [0.05, 0.1) is 6.42 Å². The van der Waals surface area contributed by atoms with E-state index < -0.39 is 5.97 Å². The SMILES string of the molecule is CC(CC(=O)O)N(C)C(C)c1ccc(F)cc1. The standard InChI is InChI=1S/C13H18FNO2/c1-9(8-13(16)17)15(3)10(2)11-4-6-12(14)7-5-11/h4-7,9-10H,8H2,1-3H3,(H,16,17). The summed E-state index contributed by atoms with van der Waals surface area (Å²) < 4.78 is 12.8. The van der Waals surface area contributed by atoms with E-state index in [0.29, 0.717) is 0 Å². The zero-order chi connectivity index (χ0) is 13.0. The Hall–Kier alpha value is -1.42. The molecule has 94 valence electrons. The normalized spacial score (nSPS) is 14.6. The first-order valence-electron chi connectivity index (χ1n) is 5.61. The van der Waals surface area contributed by atoms with Gasteiger partial charge in [-0.15, -0.1) is 0 Å². The lowest BCUT2D eigenvalue weighted by Crippen LogP contribution is -2.33. The van der Waals surface area contributed by atoms with E-state index in [1.165, 1.54) is 12.1 Å². The van der Waals surface area contributed by atoms with Gasteiger partial charge < -0.3 is 5.11 Å². The highest BCUT2D eigenvalue weighted by Gasteiger charge is 2.19. The van der Waals surface area contributed by atoms with Gasteiger partial charge in [0.25, 0.3) is 0 Å². The van der Waals surface area contributed by atoms with Gasteiger partial charge in [-0.05, 0) is 38.6 Å². The molecule has 0 saturated carbocycles. The Morgan fingerprint density at radius 1 is 1.35 bits per heavy atom. The van der Waals surface area contributed by atoms with Crippen LogP contribution in [0, 0.1) is 5.82 Å². The van der Waals surface area contributed by atoms with Gasteiger partial charge in [0.2, 0.25) is 0 Å². The van der Waals surface area contributed by atoms with Gasteiger partial charge in [-0.2, -0.15) is 0 Å². The fourth-order valence-corrected chi connectivity index (χ4v) is 1.75. The van der Waals surface area contributed by atoms with Crippen molar-refractivity contribution in [3.8, 4) is 0 Å². The minimum absolute atomic E-state index is 0.0601. The van der Waals surface area contributed by atoms with Crippen LogP contribution < -0.4 is 0 Å². The Kier molecular flexibility index (Phi) is 4.63. The van der Waals surface area contributed by atoms with Crippen molar-refractivity contribution >= 4 is 5.97 Å². The zero-order valence-electron chi connectivity index (χ0n) is 10.4. The van der Waals surface area contributed by atoms with Gasteiger partial charge in [0.15, 0.2) is 0 Å². The molecule has 0 aliphatic carbocycles. The van der Waals surface area contributed by atoms with Gasteiger partial charge in [-0.25, -0.2) is 4.39 Å². The molecular formula is C13H18FNO2. The molecule has 1 aromatic rings. The number of benzene rings is 1. The van der Waals surface area contributed by atoms with E-state index in [0.717, 1.165) is 5.56 Å². The lowest BCUT2D eigenvalue weighted by molar-refractivity contribution is -0.138. The molecule has 17 heavy (non-hydrogen) atoms. The number of hydrogen-bond donors (Lipinski definition) is 1. The molecule has 0 aliphatic rings. The van der Waals surface area contributed by atoms with Crippen LogP contribution in [-0.2, 0) is 4.79 Å². The van der Waals surface area contributed by atoms with Crippen molar-refractivity contribution in [3.05, 3.63) is 35.6 Å². The van der Waals surface area contributed by atoms with Crippen LogP contribution in [-0.4, -0.2) is 29.1 Å². The van der Waals surface area contributed by atoms with Crippen molar-refractivity contribution in [3.63, 3.8) is 0 Å². The van der Waals surface area contributed by atoms with Crippen molar-refractivity contribution in [1.82, 2.24) is 4.90 Å². The third-order valence-corrected chi connectivity index (χ3v) is 3.13. The maximum Gasteiger partial charge on any atom is 0.304 e. The molecule has 0 bridgehead atoms. The molecule has 0 radical (unpaired) electrons. The molecule has 0 fully saturated rings. The molecule has 2 atom stereocenters. The first kappa shape index (κ1) is 13.6. The minimum Gasteiger partial charge on any atom is -0.481 e. The van der Waals surface area contributed by atoms with Crippen LogP contribution in [0.2, 0.25) is 0 Å². The second-order valence-electron chi connectivity index (χ2n) is 4.34. The smallest absolute Gasteiger partial charge is 0.304 e. The molecule has 0 saturated heterocycles. The number of aliphatic carboxylic acids is 1. The summed E-state index contributed by atoms with van der Waals surface area (Å²) in [7, 11) is 1.88. The summed E-state index contributed by atoms with van der Waals surface area (Å²) in [5.74, 6) is -1.07. The Balaban J connectivity index is 2.71. The van der Waals surface area contributed by atoms with Gasteiger partial charge in [-0.3, -0.25) is 9.69 Å². The lowest BCUT2D eigenvalue weighted by Gasteiger charge is -2.30. The average Bonchev–Trinajstić information content (AvgIpc) is 2.27. The maximum absolute atomic E-state index is 12.8. The summed E-state index contributed by atoms with van der Waals surface area (Å²) in [6.07, 6.45) is 0.0992. The Labute approximate surface area is 101 Å². The zero-order valence-corrected chi connectivity index (χ0v) is 10.4. The molecular weight excluding hydrogens is 221 g/mol. The van der Waals surface area contributed by atoms with Crippen LogP contribution in [0.25, 0.3) is 0 Å². The highest BCUT2D eigenvalue weighted by Crippen LogP contribution is 2.21. The Morgan fingerprint density at radius 3 is 2.35 bits per heavy atom. The maximum atomic E-state index is 12.8. The quantitative estimate of drug-likeness (QED) is 0.858.